The van der Waals surface area contributed by atoms with Gasteiger partial charge in [0.05, 0.1) is 12.0 Å². The van der Waals surface area contributed by atoms with Gasteiger partial charge in [-0.1, -0.05) is 0 Å². The van der Waals surface area contributed by atoms with Crippen molar-refractivity contribution in [3.63, 3.8) is 0 Å². The van der Waals surface area contributed by atoms with Crippen molar-refractivity contribution in [3.8, 4) is 0 Å². The number of carbonyl (C=O) groups is 2. The minimum Gasteiger partial charge on any atom is -0.481 e. The van der Waals surface area contributed by atoms with Gasteiger partial charge in [-0.3, -0.25) is 9.59 Å². The average molecular weight is 243 g/mol. The number of ether oxygens (including phenoxy) is 1. The molecule has 1 aliphatic rings. The monoisotopic (exact) mass is 243 g/mol. The second-order valence-electron chi connectivity index (χ2n) is 5.51. The van der Waals surface area contributed by atoms with E-state index in [1.807, 2.05) is 20.8 Å². The first-order valence-electron chi connectivity index (χ1n) is 5.93. The number of carboxylic acids is 1. The summed E-state index contributed by atoms with van der Waals surface area (Å²) in [6.07, 6.45) is 1.99. The average Bonchev–Trinajstić information content (AvgIpc) is 2.94. The van der Waals surface area contributed by atoms with Gasteiger partial charge in [0, 0.05) is 6.04 Å². The first kappa shape index (κ1) is 14.0. The third-order valence-electron chi connectivity index (χ3n) is 2.57. The van der Waals surface area contributed by atoms with E-state index < -0.39 is 5.97 Å². The fourth-order valence-corrected chi connectivity index (χ4v) is 1.55. The predicted octanol–water partition coefficient (Wildman–Crippen LogP) is 1.17. The lowest BCUT2D eigenvalue weighted by molar-refractivity contribution is -0.138. The van der Waals surface area contributed by atoms with Crippen molar-refractivity contribution in [3.05, 3.63) is 0 Å². The van der Waals surface area contributed by atoms with E-state index in [4.69, 9.17) is 9.84 Å². The van der Waals surface area contributed by atoms with Crippen molar-refractivity contribution >= 4 is 11.9 Å². The van der Waals surface area contributed by atoms with E-state index in [0.29, 0.717) is 5.92 Å². The Kier molecular flexibility index (Phi) is 4.51. The van der Waals surface area contributed by atoms with Gasteiger partial charge in [-0.05, 0) is 39.5 Å². The van der Waals surface area contributed by atoms with Gasteiger partial charge in [-0.15, -0.1) is 0 Å². The van der Waals surface area contributed by atoms with Crippen molar-refractivity contribution < 1.29 is 19.4 Å². The molecule has 0 radical (unpaired) electrons. The van der Waals surface area contributed by atoms with Crippen molar-refractivity contribution in [1.82, 2.24) is 5.32 Å². The molecular formula is C12H21NO4. The Morgan fingerprint density at radius 1 is 1.41 bits per heavy atom. The smallest absolute Gasteiger partial charge is 0.305 e. The molecule has 1 amide bonds. The van der Waals surface area contributed by atoms with Crippen LogP contribution < -0.4 is 5.32 Å². The summed E-state index contributed by atoms with van der Waals surface area (Å²) in [7, 11) is 0. The van der Waals surface area contributed by atoms with E-state index >= 15 is 0 Å². The van der Waals surface area contributed by atoms with Crippen LogP contribution in [0.2, 0.25) is 0 Å². The molecule has 0 saturated heterocycles. The van der Waals surface area contributed by atoms with E-state index in [9.17, 15) is 9.59 Å². The predicted molar refractivity (Wildman–Crippen MR) is 62.6 cm³/mol. The van der Waals surface area contributed by atoms with Crippen molar-refractivity contribution in [2.75, 3.05) is 6.61 Å². The van der Waals surface area contributed by atoms with Gasteiger partial charge in [0.15, 0.2) is 0 Å². The van der Waals surface area contributed by atoms with E-state index in [1.165, 1.54) is 0 Å². The van der Waals surface area contributed by atoms with Gasteiger partial charge in [-0.2, -0.15) is 0 Å². The summed E-state index contributed by atoms with van der Waals surface area (Å²) < 4.78 is 5.34. The molecule has 0 spiro atoms. The topological polar surface area (TPSA) is 75.6 Å². The number of nitrogens with one attached hydrogen (secondary N) is 1. The van der Waals surface area contributed by atoms with E-state index in [1.54, 1.807) is 0 Å². The molecule has 5 heteroatoms. The number of carbonyl (C=O) groups excluding carboxylic acids is 1. The lowest BCUT2D eigenvalue weighted by Crippen LogP contribution is -2.41. The summed E-state index contributed by atoms with van der Waals surface area (Å²) in [6, 6.07) is -0.247. The Morgan fingerprint density at radius 3 is 2.41 bits per heavy atom. The summed E-state index contributed by atoms with van der Waals surface area (Å²) in [4.78, 5) is 22.2. The molecule has 98 valence electrons. The lowest BCUT2D eigenvalue weighted by Gasteiger charge is -2.21. The van der Waals surface area contributed by atoms with E-state index in [-0.39, 0.29) is 30.6 Å². The first-order chi connectivity index (χ1) is 7.78. The van der Waals surface area contributed by atoms with E-state index in [0.717, 1.165) is 12.8 Å². The number of amides is 1. The first-order valence-corrected chi connectivity index (χ1v) is 5.93. The molecule has 0 aromatic carbocycles. The van der Waals surface area contributed by atoms with Gasteiger partial charge < -0.3 is 15.2 Å². The van der Waals surface area contributed by atoms with Crippen molar-refractivity contribution in [2.24, 2.45) is 5.92 Å². The SMILES string of the molecule is CC(C)(C)OCC(=O)NC(CC(=O)O)C1CC1. The second-order valence-corrected chi connectivity index (χ2v) is 5.51. The zero-order chi connectivity index (χ0) is 13.1. The molecule has 1 rings (SSSR count). The largest absolute Gasteiger partial charge is 0.481 e. The highest BCUT2D eigenvalue weighted by molar-refractivity contribution is 5.78. The van der Waals surface area contributed by atoms with Crippen molar-refractivity contribution in [1.29, 1.82) is 0 Å². The minimum atomic E-state index is -0.876. The summed E-state index contributed by atoms with van der Waals surface area (Å²) >= 11 is 0. The van der Waals surface area contributed by atoms with Gasteiger partial charge in [0.2, 0.25) is 5.91 Å². The maximum Gasteiger partial charge on any atom is 0.305 e. The number of rotatable bonds is 6. The van der Waals surface area contributed by atoms with Gasteiger partial charge in [0.1, 0.15) is 6.61 Å². The minimum absolute atomic E-state index is 0.00801. The molecule has 1 unspecified atom stereocenters. The number of aliphatic carboxylic acids is 1. The fraction of sp³-hybridized carbons (Fsp3) is 0.833. The fourth-order valence-electron chi connectivity index (χ4n) is 1.55. The zero-order valence-electron chi connectivity index (χ0n) is 10.7. The summed E-state index contributed by atoms with van der Waals surface area (Å²) in [5.41, 5.74) is -0.362. The molecule has 2 N–H and O–H groups in total. The van der Waals surface area contributed by atoms with E-state index in [2.05, 4.69) is 5.32 Å². The number of hydrogen-bond donors (Lipinski definition) is 2. The molecule has 17 heavy (non-hydrogen) atoms. The molecule has 1 saturated carbocycles. The summed E-state index contributed by atoms with van der Waals surface area (Å²) in [5, 5.41) is 11.5. The Balaban J connectivity index is 2.34. The van der Waals surface area contributed by atoms with Crippen LogP contribution in [0.25, 0.3) is 0 Å². The molecule has 0 bridgehead atoms. The highest BCUT2D eigenvalue weighted by Crippen LogP contribution is 2.34. The third kappa shape index (κ3) is 6.26. The quantitative estimate of drug-likeness (QED) is 0.734. The molecule has 5 nitrogen and oxygen atoms in total. The van der Waals surface area contributed by atoms with Crippen LogP contribution in [-0.4, -0.2) is 35.2 Å². The molecule has 0 aliphatic heterocycles. The summed E-state index contributed by atoms with van der Waals surface area (Å²) in [6.45, 7) is 5.59. The second kappa shape index (κ2) is 5.49. The summed E-state index contributed by atoms with van der Waals surface area (Å²) in [5.74, 6) is -0.790. The Bertz CT molecular complexity index is 291. The van der Waals surface area contributed by atoms with Crippen LogP contribution in [0.15, 0.2) is 0 Å². The van der Waals surface area contributed by atoms with Gasteiger partial charge in [-0.25, -0.2) is 0 Å². The highest BCUT2D eigenvalue weighted by Gasteiger charge is 2.33. The standard InChI is InChI=1S/C12H21NO4/c1-12(2,3)17-7-10(14)13-9(6-11(15)16)8-4-5-8/h8-9H,4-7H2,1-3H3,(H,13,14)(H,15,16). The number of hydrogen-bond acceptors (Lipinski definition) is 3. The zero-order valence-corrected chi connectivity index (χ0v) is 10.7. The molecule has 1 fully saturated rings. The third-order valence-corrected chi connectivity index (χ3v) is 2.57. The Morgan fingerprint density at radius 2 is 2.00 bits per heavy atom. The normalized spacial score (nSPS) is 17.6. The Hall–Kier alpha value is -1.10. The van der Waals surface area contributed by atoms with Crippen molar-refractivity contribution in [2.45, 2.75) is 51.7 Å². The molecule has 0 heterocycles. The van der Waals surface area contributed by atoms with Gasteiger partial charge in [0.25, 0.3) is 0 Å². The molecular weight excluding hydrogens is 222 g/mol. The molecule has 0 aromatic rings. The highest BCUT2D eigenvalue weighted by atomic mass is 16.5. The maximum atomic E-state index is 11.6. The lowest BCUT2D eigenvalue weighted by atomic mass is 10.1. The molecule has 1 aliphatic carbocycles. The van der Waals surface area contributed by atoms with Crippen LogP contribution in [-0.2, 0) is 14.3 Å². The van der Waals surface area contributed by atoms with Crippen LogP contribution in [0.1, 0.15) is 40.0 Å². The van der Waals surface area contributed by atoms with Gasteiger partial charge >= 0.3 is 5.97 Å². The molecule has 0 aromatic heterocycles. The molecule has 1 atom stereocenters. The van der Waals surface area contributed by atoms with Crippen LogP contribution in [0.4, 0.5) is 0 Å². The maximum absolute atomic E-state index is 11.6. The van der Waals surface area contributed by atoms with Crippen LogP contribution in [0.3, 0.4) is 0 Å². The van der Waals surface area contributed by atoms with Crippen LogP contribution in [0.5, 0.6) is 0 Å². The number of carboxylic acid groups (broad SMARTS) is 1. The Labute approximate surface area is 102 Å². The van der Waals surface area contributed by atoms with Crippen LogP contribution in [0, 0.1) is 5.92 Å². The van der Waals surface area contributed by atoms with Crippen LogP contribution >= 0.6 is 0 Å².